The summed E-state index contributed by atoms with van der Waals surface area (Å²) in [7, 11) is 0. The molecule has 1 unspecified atom stereocenters. The fraction of sp³-hybridized carbons (Fsp3) is 0.500. The lowest BCUT2D eigenvalue weighted by Crippen LogP contribution is -2.46. The van der Waals surface area contributed by atoms with Crippen molar-refractivity contribution in [2.45, 2.75) is 25.3 Å². The standard InChI is InChI=1S/C8H12N2O2S/c1-8(2,5(9)6(11)12)7-10-3-4-13-7/h3-5H,9H2,1-2H3,(H,11,12). The van der Waals surface area contributed by atoms with Gasteiger partial charge in [0.1, 0.15) is 11.0 Å². The number of nitrogens with two attached hydrogens (primary N) is 1. The van der Waals surface area contributed by atoms with E-state index in [2.05, 4.69) is 4.98 Å². The molecule has 0 aromatic carbocycles. The van der Waals surface area contributed by atoms with Crippen LogP contribution in [-0.4, -0.2) is 22.1 Å². The molecule has 0 saturated heterocycles. The van der Waals surface area contributed by atoms with Gasteiger partial charge in [0.05, 0.1) is 0 Å². The summed E-state index contributed by atoms with van der Waals surface area (Å²) in [5.41, 5.74) is 4.94. The number of nitrogens with zero attached hydrogens (tertiary/aromatic N) is 1. The lowest BCUT2D eigenvalue weighted by molar-refractivity contribution is -0.140. The van der Waals surface area contributed by atoms with Crippen LogP contribution < -0.4 is 5.73 Å². The Morgan fingerprint density at radius 3 is 2.77 bits per heavy atom. The molecule has 0 aliphatic heterocycles. The molecule has 0 aliphatic rings. The summed E-state index contributed by atoms with van der Waals surface area (Å²) in [5, 5.41) is 11.3. The van der Waals surface area contributed by atoms with Gasteiger partial charge >= 0.3 is 5.97 Å². The molecule has 5 heteroatoms. The van der Waals surface area contributed by atoms with Crippen molar-refractivity contribution in [2.75, 3.05) is 0 Å². The van der Waals surface area contributed by atoms with Crippen LogP contribution in [0.2, 0.25) is 0 Å². The number of thiazole rings is 1. The maximum absolute atomic E-state index is 10.7. The Morgan fingerprint density at radius 2 is 2.38 bits per heavy atom. The van der Waals surface area contributed by atoms with Gasteiger partial charge in [0.25, 0.3) is 0 Å². The Kier molecular flexibility index (Phi) is 2.68. The molecule has 0 radical (unpaired) electrons. The van der Waals surface area contributed by atoms with Gasteiger partial charge in [-0.25, -0.2) is 4.98 Å². The first-order chi connectivity index (χ1) is 5.96. The van der Waals surface area contributed by atoms with Crippen molar-refractivity contribution in [3.63, 3.8) is 0 Å². The molecule has 1 aromatic rings. The number of hydrogen-bond acceptors (Lipinski definition) is 4. The molecule has 0 spiro atoms. The first-order valence-electron chi connectivity index (χ1n) is 3.84. The number of aliphatic carboxylic acids is 1. The fourth-order valence-corrected chi connectivity index (χ4v) is 1.79. The smallest absolute Gasteiger partial charge is 0.321 e. The number of carbonyl (C=O) groups is 1. The Balaban J connectivity index is 2.95. The van der Waals surface area contributed by atoms with E-state index in [0.717, 1.165) is 5.01 Å². The fourth-order valence-electron chi connectivity index (χ4n) is 0.983. The van der Waals surface area contributed by atoms with Gasteiger partial charge in [0.2, 0.25) is 0 Å². The molecule has 0 saturated carbocycles. The Bertz CT molecular complexity index is 295. The molecule has 13 heavy (non-hydrogen) atoms. The van der Waals surface area contributed by atoms with Crippen LogP contribution in [0.4, 0.5) is 0 Å². The molecule has 1 aromatic heterocycles. The molecule has 1 atom stereocenters. The lowest BCUT2D eigenvalue weighted by Gasteiger charge is -2.25. The summed E-state index contributed by atoms with van der Waals surface area (Å²) in [4.78, 5) is 14.8. The van der Waals surface area contributed by atoms with Crippen LogP contribution in [0.15, 0.2) is 11.6 Å². The maximum Gasteiger partial charge on any atom is 0.321 e. The van der Waals surface area contributed by atoms with Crippen molar-refractivity contribution in [2.24, 2.45) is 5.73 Å². The predicted molar refractivity (Wildman–Crippen MR) is 50.8 cm³/mol. The zero-order valence-corrected chi connectivity index (χ0v) is 8.34. The van der Waals surface area contributed by atoms with Gasteiger partial charge in [-0.05, 0) is 0 Å². The number of carboxylic acids is 1. The van der Waals surface area contributed by atoms with Crippen molar-refractivity contribution in [3.8, 4) is 0 Å². The highest BCUT2D eigenvalue weighted by Gasteiger charge is 2.35. The highest BCUT2D eigenvalue weighted by atomic mass is 32.1. The van der Waals surface area contributed by atoms with E-state index in [1.54, 1.807) is 20.0 Å². The average Bonchev–Trinajstić information content (AvgIpc) is 2.54. The largest absolute Gasteiger partial charge is 0.480 e. The van der Waals surface area contributed by atoms with Gasteiger partial charge in [0, 0.05) is 17.0 Å². The van der Waals surface area contributed by atoms with Crippen LogP contribution in [0.3, 0.4) is 0 Å². The van der Waals surface area contributed by atoms with Crippen LogP contribution in [0.25, 0.3) is 0 Å². The zero-order chi connectivity index (χ0) is 10.1. The van der Waals surface area contributed by atoms with E-state index in [-0.39, 0.29) is 0 Å². The molecule has 0 aliphatic carbocycles. The predicted octanol–water partition coefficient (Wildman–Crippen LogP) is 0.833. The molecule has 0 bridgehead atoms. The molecule has 72 valence electrons. The van der Waals surface area contributed by atoms with E-state index in [4.69, 9.17) is 10.8 Å². The average molecular weight is 200 g/mol. The highest BCUT2D eigenvalue weighted by Crippen LogP contribution is 2.27. The Hall–Kier alpha value is -0.940. The van der Waals surface area contributed by atoms with Crippen molar-refractivity contribution >= 4 is 17.3 Å². The number of rotatable bonds is 3. The highest BCUT2D eigenvalue weighted by molar-refractivity contribution is 7.09. The minimum Gasteiger partial charge on any atom is -0.480 e. The molecule has 3 N–H and O–H groups in total. The normalized spacial score (nSPS) is 14.1. The summed E-state index contributed by atoms with van der Waals surface area (Å²) in [5.74, 6) is -1.000. The summed E-state index contributed by atoms with van der Waals surface area (Å²) < 4.78 is 0. The molecule has 1 heterocycles. The second-order valence-electron chi connectivity index (χ2n) is 3.37. The molecular weight excluding hydrogens is 188 g/mol. The van der Waals surface area contributed by atoms with E-state index in [0.29, 0.717) is 0 Å². The first-order valence-corrected chi connectivity index (χ1v) is 4.72. The van der Waals surface area contributed by atoms with Gasteiger partial charge in [-0.1, -0.05) is 13.8 Å². The molecule has 1 rings (SSSR count). The summed E-state index contributed by atoms with van der Waals surface area (Å²) in [6.45, 7) is 3.56. The van der Waals surface area contributed by atoms with E-state index < -0.39 is 17.4 Å². The quantitative estimate of drug-likeness (QED) is 0.757. The molecule has 0 amide bonds. The minimum absolute atomic E-state index is 0.611. The summed E-state index contributed by atoms with van der Waals surface area (Å²) in [6, 6.07) is -0.918. The van der Waals surface area contributed by atoms with Gasteiger partial charge in [-0.2, -0.15) is 0 Å². The van der Waals surface area contributed by atoms with E-state index in [1.807, 2.05) is 5.38 Å². The zero-order valence-electron chi connectivity index (χ0n) is 7.52. The van der Waals surface area contributed by atoms with Crippen LogP contribution in [0, 0.1) is 0 Å². The number of hydrogen-bond donors (Lipinski definition) is 2. The van der Waals surface area contributed by atoms with Crippen molar-refractivity contribution < 1.29 is 9.90 Å². The number of carboxylic acid groups (broad SMARTS) is 1. The van der Waals surface area contributed by atoms with Crippen molar-refractivity contribution in [1.82, 2.24) is 4.98 Å². The van der Waals surface area contributed by atoms with Crippen LogP contribution in [0.1, 0.15) is 18.9 Å². The first kappa shape index (κ1) is 10.1. The number of aromatic nitrogens is 1. The van der Waals surface area contributed by atoms with Gasteiger partial charge in [-0.15, -0.1) is 11.3 Å². The van der Waals surface area contributed by atoms with Crippen LogP contribution in [0.5, 0.6) is 0 Å². The summed E-state index contributed by atoms with van der Waals surface area (Å²) >= 11 is 1.42. The van der Waals surface area contributed by atoms with E-state index in [1.165, 1.54) is 11.3 Å². The molecule has 0 fully saturated rings. The van der Waals surface area contributed by atoms with Crippen LogP contribution in [-0.2, 0) is 10.2 Å². The van der Waals surface area contributed by atoms with Gasteiger partial charge < -0.3 is 10.8 Å². The van der Waals surface area contributed by atoms with Crippen molar-refractivity contribution in [1.29, 1.82) is 0 Å². The Labute approximate surface area is 80.4 Å². The summed E-state index contributed by atoms with van der Waals surface area (Å²) in [6.07, 6.45) is 1.65. The third-order valence-electron chi connectivity index (χ3n) is 2.03. The third kappa shape index (κ3) is 1.87. The van der Waals surface area contributed by atoms with Gasteiger partial charge in [0.15, 0.2) is 0 Å². The topological polar surface area (TPSA) is 76.2 Å². The monoisotopic (exact) mass is 200 g/mol. The second kappa shape index (κ2) is 3.43. The third-order valence-corrected chi connectivity index (χ3v) is 3.14. The van der Waals surface area contributed by atoms with E-state index >= 15 is 0 Å². The van der Waals surface area contributed by atoms with E-state index in [9.17, 15) is 4.79 Å². The second-order valence-corrected chi connectivity index (χ2v) is 4.27. The van der Waals surface area contributed by atoms with Gasteiger partial charge in [-0.3, -0.25) is 4.79 Å². The maximum atomic E-state index is 10.7. The minimum atomic E-state index is -1.000. The molecule has 4 nitrogen and oxygen atoms in total. The van der Waals surface area contributed by atoms with Crippen LogP contribution >= 0.6 is 11.3 Å². The Morgan fingerprint density at radius 1 is 1.77 bits per heavy atom. The lowest BCUT2D eigenvalue weighted by atomic mass is 9.86. The molecular formula is C8H12N2O2S. The SMILES string of the molecule is CC(C)(c1nccs1)C(N)C(=O)O. The van der Waals surface area contributed by atoms with Crippen molar-refractivity contribution in [3.05, 3.63) is 16.6 Å².